The maximum atomic E-state index is 9.43. The minimum atomic E-state index is 0.414. The Labute approximate surface area is 122 Å². The number of rotatable bonds is 7. The summed E-state index contributed by atoms with van der Waals surface area (Å²) >= 11 is 0. The molecule has 3 heteroatoms. The van der Waals surface area contributed by atoms with Crippen LogP contribution in [0.5, 0.6) is 0 Å². The summed E-state index contributed by atoms with van der Waals surface area (Å²) in [4.78, 5) is 2.32. The zero-order chi connectivity index (χ0) is 14.5. The SMILES string of the molecule is CCCN(c1ccc(CNC2CC2)cc1C#N)C(C)C. The molecule has 1 N–H and O–H groups in total. The van der Waals surface area contributed by atoms with Crippen molar-refractivity contribution in [3.63, 3.8) is 0 Å². The van der Waals surface area contributed by atoms with E-state index in [0.29, 0.717) is 12.1 Å². The van der Waals surface area contributed by atoms with Crippen molar-refractivity contribution in [2.45, 2.75) is 58.7 Å². The maximum absolute atomic E-state index is 9.43. The molecule has 1 fully saturated rings. The molecule has 0 aliphatic heterocycles. The second kappa shape index (κ2) is 6.76. The predicted octanol–water partition coefficient (Wildman–Crippen LogP) is 3.44. The molecule has 0 bridgehead atoms. The van der Waals surface area contributed by atoms with E-state index < -0.39 is 0 Å². The number of anilines is 1. The molecule has 2 rings (SSSR count). The van der Waals surface area contributed by atoms with Crippen LogP contribution in [0.15, 0.2) is 18.2 Å². The van der Waals surface area contributed by atoms with Crippen LogP contribution in [0.4, 0.5) is 5.69 Å². The summed E-state index contributed by atoms with van der Waals surface area (Å²) in [6.07, 6.45) is 3.68. The zero-order valence-corrected chi connectivity index (χ0v) is 12.8. The fourth-order valence-electron chi connectivity index (χ4n) is 2.48. The van der Waals surface area contributed by atoms with Gasteiger partial charge in [0.05, 0.1) is 11.3 Å². The highest BCUT2D eigenvalue weighted by atomic mass is 15.1. The van der Waals surface area contributed by atoms with Gasteiger partial charge in [-0.3, -0.25) is 0 Å². The molecule has 0 atom stereocenters. The van der Waals surface area contributed by atoms with Crippen molar-refractivity contribution < 1.29 is 0 Å². The third-order valence-corrected chi connectivity index (χ3v) is 3.75. The van der Waals surface area contributed by atoms with E-state index in [4.69, 9.17) is 0 Å². The van der Waals surface area contributed by atoms with Crippen molar-refractivity contribution in [3.05, 3.63) is 29.3 Å². The van der Waals surface area contributed by atoms with Gasteiger partial charge in [0.15, 0.2) is 0 Å². The van der Waals surface area contributed by atoms with Gasteiger partial charge in [-0.05, 0) is 50.8 Å². The Morgan fingerprint density at radius 3 is 2.70 bits per heavy atom. The molecular formula is C17H25N3. The molecule has 0 saturated heterocycles. The lowest BCUT2D eigenvalue weighted by Crippen LogP contribution is -2.32. The van der Waals surface area contributed by atoms with Gasteiger partial charge in [0.1, 0.15) is 6.07 Å². The second-order valence-corrected chi connectivity index (χ2v) is 5.91. The average molecular weight is 271 g/mol. The fourth-order valence-corrected chi connectivity index (χ4v) is 2.48. The van der Waals surface area contributed by atoms with Crippen molar-refractivity contribution in [3.8, 4) is 6.07 Å². The van der Waals surface area contributed by atoms with Gasteiger partial charge in [-0.25, -0.2) is 0 Å². The van der Waals surface area contributed by atoms with E-state index in [0.717, 1.165) is 30.8 Å². The third kappa shape index (κ3) is 3.74. The summed E-state index contributed by atoms with van der Waals surface area (Å²) in [5.41, 5.74) is 3.07. The Morgan fingerprint density at radius 2 is 2.15 bits per heavy atom. The molecule has 1 aromatic carbocycles. The largest absolute Gasteiger partial charge is 0.368 e. The smallest absolute Gasteiger partial charge is 0.101 e. The van der Waals surface area contributed by atoms with E-state index in [-0.39, 0.29) is 0 Å². The maximum Gasteiger partial charge on any atom is 0.101 e. The number of benzene rings is 1. The van der Waals surface area contributed by atoms with Crippen molar-refractivity contribution in [1.29, 1.82) is 5.26 Å². The minimum Gasteiger partial charge on any atom is -0.368 e. The van der Waals surface area contributed by atoms with E-state index in [1.807, 2.05) is 6.07 Å². The standard InChI is InChI=1S/C17H25N3/c1-4-9-20(13(2)3)17-8-5-14(10-15(17)11-18)12-19-16-6-7-16/h5,8,10,13,16,19H,4,6-7,9,12H2,1-3H3. The van der Waals surface area contributed by atoms with E-state index >= 15 is 0 Å². The molecule has 0 heterocycles. The summed E-state index contributed by atoms with van der Waals surface area (Å²) in [5, 5.41) is 12.9. The number of nitrogens with zero attached hydrogens (tertiary/aromatic N) is 2. The predicted molar refractivity (Wildman–Crippen MR) is 83.8 cm³/mol. The summed E-state index contributed by atoms with van der Waals surface area (Å²) < 4.78 is 0. The van der Waals surface area contributed by atoms with Gasteiger partial charge in [0.2, 0.25) is 0 Å². The first kappa shape index (κ1) is 14.9. The lowest BCUT2D eigenvalue weighted by atomic mass is 10.1. The fraction of sp³-hybridized carbons (Fsp3) is 0.588. The minimum absolute atomic E-state index is 0.414. The number of nitriles is 1. The van der Waals surface area contributed by atoms with Crippen LogP contribution < -0.4 is 10.2 Å². The third-order valence-electron chi connectivity index (χ3n) is 3.75. The lowest BCUT2D eigenvalue weighted by Gasteiger charge is -2.29. The highest BCUT2D eigenvalue weighted by Gasteiger charge is 2.20. The molecule has 0 spiro atoms. The van der Waals surface area contributed by atoms with Crippen molar-refractivity contribution in [1.82, 2.24) is 5.32 Å². The van der Waals surface area contributed by atoms with E-state index in [2.05, 4.69) is 49.2 Å². The molecule has 0 unspecified atom stereocenters. The van der Waals surface area contributed by atoms with Gasteiger partial charge >= 0.3 is 0 Å². The summed E-state index contributed by atoms with van der Waals surface area (Å²) in [7, 11) is 0. The summed E-state index contributed by atoms with van der Waals surface area (Å²) in [5.74, 6) is 0. The highest BCUT2D eigenvalue weighted by Crippen LogP contribution is 2.25. The Balaban J connectivity index is 2.17. The molecule has 0 aromatic heterocycles. The van der Waals surface area contributed by atoms with E-state index in [9.17, 15) is 5.26 Å². The number of hydrogen-bond acceptors (Lipinski definition) is 3. The van der Waals surface area contributed by atoms with Gasteiger partial charge < -0.3 is 10.2 Å². The van der Waals surface area contributed by atoms with Crippen molar-refractivity contribution in [2.24, 2.45) is 0 Å². The van der Waals surface area contributed by atoms with Gasteiger partial charge in [0.25, 0.3) is 0 Å². The van der Waals surface area contributed by atoms with Crippen LogP contribution in [0.25, 0.3) is 0 Å². The first-order valence-corrected chi connectivity index (χ1v) is 7.68. The Bertz CT molecular complexity index is 483. The number of nitrogens with one attached hydrogen (secondary N) is 1. The van der Waals surface area contributed by atoms with E-state index in [1.54, 1.807) is 0 Å². The quantitative estimate of drug-likeness (QED) is 0.825. The monoisotopic (exact) mass is 271 g/mol. The molecular weight excluding hydrogens is 246 g/mol. The van der Waals surface area contributed by atoms with Crippen LogP contribution in [0, 0.1) is 11.3 Å². The molecule has 1 aliphatic rings. The normalized spacial score (nSPS) is 14.3. The van der Waals surface area contributed by atoms with Crippen LogP contribution in [0.2, 0.25) is 0 Å². The molecule has 1 aromatic rings. The zero-order valence-electron chi connectivity index (χ0n) is 12.8. The Hall–Kier alpha value is -1.53. The van der Waals surface area contributed by atoms with Gasteiger partial charge in [0, 0.05) is 25.2 Å². The molecule has 1 aliphatic carbocycles. The molecule has 1 saturated carbocycles. The van der Waals surface area contributed by atoms with Crippen molar-refractivity contribution >= 4 is 5.69 Å². The molecule has 108 valence electrons. The average Bonchev–Trinajstić information content (AvgIpc) is 3.26. The Morgan fingerprint density at radius 1 is 1.40 bits per heavy atom. The van der Waals surface area contributed by atoms with Crippen LogP contribution in [-0.4, -0.2) is 18.6 Å². The summed E-state index contributed by atoms with van der Waals surface area (Å²) in [6.45, 7) is 8.40. The van der Waals surface area contributed by atoms with Crippen LogP contribution >= 0.6 is 0 Å². The van der Waals surface area contributed by atoms with Crippen LogP contribution in [0.3, 0.4) is 0 Å². The molecule has 3 nitrogen and oxygen atoms in total. The molecule has 0 radical (unpaired) electrons. The lowest BCUT2D eigenvalue weighted by molar-refractivity contribution is 0.668. The van der Waals surface area contributed by atoms with Crippen molar-refractivity contribution in [2.75, 3.05) is 11.4 Å². The van der Waals surface area contributed by atoms with Crippen LogP contribution in [0.1, 0.15) is 51.2 Å². The van der Waals surface area contributed by atoms with Crippen LogP contribution in [-0.2, 0) is 6.54 Å². The Kier molecular flexibility index (Phi) is 5.03. The summed E-state index contributed by atoms with van der Waals surface area (Å²) in [6, 6.07) is 9.78. The second-order valence-electron chi connectivity index (χ2n) is 5.91. The first-order valence-electron chi connectivity index (χ1n) is 7.68. The van der Waals surface area contributed by atoms with E-state index in [1.165, 1.54) is 18.4 Å². The van der Waals surface area contributed by atoms with Gasteiger partial charge in [-0.1, -0.05) is 13.0 Å². The number of hydrogen-bond donors (Lipinski definition) is 1. The van der Waals surface area contributed by atoms with Gasteiger partial charge in [-0.15, -0.1) is 0 Å². The first-order chi connectivity index (χ1) is 9.65. The van der Waals surface area contributed by atoms with Gasteiger partial charge in [-0.2, -0.15) is 5.26 Å². The highest BCUT2D eigenvalue weighted by molar-refractivity contribution is 5.61. The molecule has 0 amide bonds. The molecule has 20 heavy (non-hydrogen) atoms. The topological polar surface area (TPSA) is 39.1 Å².